The van der Waals surface area contributed by atoms with Crippen molar-refractivity contribution in [3.63, 3.8) is 0 Å². The summed E-state index contributed by atoms with van der Waals surface area (Å²) in [4.78, 5) is 19.5. The number of rotatable bonds is 5. The largest absolute Gasteiger partial charge is 0.486 e. The van der Waals surface area contributed by atoms with Crippen LogP contribution in [0.1, 0.15) is 40.2 Å². The highest BCUT2D eigenvalue weighted by molar-refractivity contribution is 7.09. The average molecular weight is 440 g/mol. The highest BCUT2D eigenvalue weighted by Gasteiger charge is 2.34. The van der Waals surface area contributed by atoms with E-state index in [1.807, 2.05) is 33.7 Å². The highest BCUT2D eigenvalue weighted by atomic mass is 35.5. The summed E-state index contributed by atoms with van der Waals surface area (Å²) in [7, 11) is 0. The molecule has 1 aliphatic rings. The third kappa shape index (κ3) is 3.64. The number of nitrogens with zero attached hydrogens (tertiary/aromatic N) is 5. The van der Waals surface area contributed by atoms with Crippen LogP contribution in [0.4, 0.5) is 0 Å². The molecule has 0 radical (unpaired) electrons. The second kappa shape index (κ2) is 8.04. The van der Waals surface area contributed by atoms with Crippen LogP contribution in [-0.4, -0.2) is 36.9 Å². The molecule has 1 atom stereocenters. The van der Waals surface area contributed by atoms with Crippen molar-refractivity contribution in [3.05, 3.63) is 75.6 Å². The molecule has 1 aliphatic heterocycles. The van der Waals surface area contributed by atoms with E-state index in [0.29, 0.717) is 29.6 Å². The predicted molar refractivity (Wildman–Crippen MR) is 114 cm³/mol. The second-order valence-corrected chi connectivity index (χ2v) is 8.39. The predicted octanol–water partition coefficient (Wildman–Crippen LogP) is 4.40. The quantitative estimate of drug-likeness (QED) is 0.461. The molecule has 1 unspecified atom stereocenters. The van der Waals surface area contributed by atoms with E-state index >= 15 is 0 Å². The molecule has 7 nitrogen and oxygen atoms in total. The summed E-state index contributed by atoms with van der Waals surface area (Å²) >= 11 is 7.31. The van der Waals surface area contributed by atoms with Gasteiger partial charge in [0.1, 0.15) is 23.1 Å². The van der Waals surface area contributed by atoms with Gasteiger partial charge in [0.2, 0.25) is 0 Å². The third-order valence-electron chi connectivity index (χ3n) is 5.10. The number of halogens is 1. The molecule has 30 heavy (non-hydrogen) atoms. The fraction of sp³-hybridized carbons (Fsp3) is 0.238. The minimum atomic E-state index is -0.106. The molecule has 1 amide bonds. The molecule has 4 aromatic rings. The molecule has 0 aliphatic carbocycles. The van der Waals surface area contributed by atoms with Crippen molar-refractivity contribution in [2.24, 2.45) is 0 Å². The van der Waals surface area contributed by atoms with Gasteiger partial charge in [0.15, 0.2) is 11.5 Å². The van der Waals surface area contributed by atoms with Gasteiger partial charge < -0.3 is 9.64 Å². The fourth-order valence-electron chi connectivity index (χ4n) is 3.66. The van der Waals surface area contributed by atoms with Crippen LogP contribution in [0.3, 0.4) is 0 Å². The van der Waals surface area contributed by atoms with Gasteiger partial charge in [-0.15, -0.1) is 21.5 Å². The van der Waals surface area contributed by atoms with Gasteiger partial charge in [0.05, 0.1) is 6.04 Å². The number of hydrogen-bond donors (Lipinski definition) is 0. The van der Waals surface area contributed by atoms with Crippen molar-refractivity contribution in [2.45, 2.75) is 25.5 Å². The molecule has 0 bridgehead atoms. The molecule has 3 aromatic heterocycles. The van der Waals surface area contributed by atoms with Crippen LogP contribution in [0.15, 0.2) is 54.0 Å². The molecular formula is C21H18ClN5O2S. The molecule has 0 N–H and O–H groups in total. The Labute approximate surface area is 181 Å². The molecule has 9 heteroatoms. The molecular weight excluding hydrogens is 422 g/mol. The number of ether oxygens (including phenoxy) is 1. The normalized spacial score (nSPS) is 16.3. The van der Waals surface area contributed by atoms with Crippen LogP contribution >= 0.6 is 22.9 Å². The summed E-state index contributed by atoms with van der Waals surface area (Å²) < 4.78 is 7.68. The lowest BCUT2D eigenvalue weighted by molar-refractivity contribution is 0.0723. The van der Waals surface area contributed by atoms with E-state index in [1.54, 1.807) is 29.6 Å². The van der Waals surface area contributed by atoms with Crippen molar-refractivity contribution in [1.82, 2.24) is 24.5 Å². The van der Waals surface area contributed by atoms with Crippen molar-refractivity contribution in [1.29, 1.82) is 0 Å². The Bertz CT molecular complexity index is 1190. The maximum absolute atomic E-state index is 13.2. The number of fused-ring (bicyclic) bond motifs is 1. The van der Waals surface area contributed by atoms with Crippen molar-refractivity contribution >= 4 is 34.5 Å². The topological polar surface area (TPSA) is 72.6 Å². The molecule has 4 heterocycles. The maximum atomic E-state index is 13.2. The summed E-state index contributed by atoms with van der Waals surface area (Å²) in [5, 5.41) is 11.8. The summed E-state index contributed by atoms with van der Waals surface area (Å²) in [6, 6.07) is 12.8. The van der Waals surface area contributed by atoms with Gasteiger partial charge in [-0.25, -0.2) is 4.98 Å². The van der Waals surface area contributed by atoms with Gasteiger partial charge in [-0.2, -0.15) is 0 Å². The van der Waals surface area contributed by atoms with Gasteiger partial charge in [-0.05, 0) is 49.2 Å². The van der Waals surface area contributed by atoms with Crippen LogP contribution in [-0.2, 0) is 6.61 Å². The van der Waals surface area contributed by atoms with E-state index in [2.05, 4.69) is 15.2 Å². The third-order valence-corrected chi connectivity index (χ3v) is 6.17. The monoisotopic (exact) mass is 439 g/mol. The number of pyridine rings is 1. The summed E-state index contributed by atoms with van der Waals surface area (Å²) in [5.74, 6) is 1.41. The first-order chi connectivity index (χ1) is 14.7. The number of aromatic nitrogens is 4. The maximum Gasteiger partial charge on any atom is 0.273 e. The van der Waals surface area contributed by atoms with Crippen LogP contribution in [0, 0.1) is 0 Å². The van der Waals surface area contributed by atoms with Crippen LogP contribution in [0.2, 0.25) is 5.02 Å². The SMILES string of the molecule is O=C(c1csc(COc2ccc(Cl)cc2)n1)N1CCCC1c1nnc2ccccn12. The molecule has 1 fully saturated rings. The van der Waals surface area contributed by atoms with Gasteiger partial charge in [0, 0.05) is 23.1 Å². The van der Waals surface area contributed by atoms with E-state index in [0.717, 1.165) is 29.3 Å². The molecule has 0 spiro atoms. The first-order valence-corrected chi connectivity index (χ1v) is 10.9. The first kappa shape index (κ1) is 19.0. The van der Waals surface area contributed by atoms with E-state index < -0.39 is 0 Å². The first-order valence-electron chi connectivity index (χ1n) is 9.62. The van der Waals surface area contributed by atoms with Crippen LogP contribution in [0.25, 0.3) is 5.65 Å². The summed E-state index contributed by atoms with van der Waals surface area (Å²) in [5.41, 5.74) is 1.22. The minimum Gasteiger partial charge on any atom is -0.486 e. The number of likely N-dealkylation sites (tertiary alicyclic amines) is 1. The number of carbonyl (C=O) groups is 1. The van der Waals surface area contributed by atoms with E-state index in [9.17, 15) is 4.79 Å². The Morgan fingerprint density at radius 3 is 2.93 bits per heavy atom. The van der Waals surface area contributed by atoms with Gasteiger partial charge in [-0.3, -0.25) is 9.20 Å². The highest BCUT2D eigenvalue weighted by Crippen LogP contribution is 2.32. The Morgan fingerprint density at radius 1 is 1.20 bits per heavy atom. The average Bonchev–Trinajstić information content (AvgIpc) is 3.51. The number of benzene rings is 1. The van der Waals surface area contributed by atoms with E-state index in [-0.39, 0.29) is 11.9 Å². The Morgan fingerprint density at radius 2 is 2.07 bits per heavy atom. The molecule has 0 saturated carbocycles. The number of carbonyl (C=O) groups excluding carboxylic acids is 1. The summed E-state index contributed by atoms with van der Waals surface area (Å²) in [6.45, 7) is 0.983. The zero-order valence-electron chi connectivity index (χ0n) is 15.9. The van der Waals surface area contributed by atoms with E-state index in [1.165, 1.54) is 11.3 Å². The molecule has 1 aromatic carbocycles. The fourth-order valence-corrected chi connectivity index (χ4v) is 4.47. The Balaban J connectivity index is 1.31. The molecule has 5 rings (SSSR count). The number of amides is 1. The van der Waals surface area contributed by atoms with Gasteiger partial charge >= 0.3 is 0 Å². The summed E-state index contributed by atoms with van der Waals surface area (Å²) in [6.07, 6.45) is 3.72. The lowest BCUT2D eigenvalue weighted by Crippen LogP contribution is -2.31. The lowest BCUT2D eigenvalue weighted by Gasteiger charge is -2.22. The zero-order valence-corrected chi connectivity index (χ0v) is 17.5. The number of thiazole rings is 1. The Kier molecular flexibility index (Phi) is 5.10. The van der Waals surface area contributed by atoms with Gasteiger partial charge in [-0.1, -0.05) is 17.7 Å². The van der Waals surface area contributed by atoms with Crippen LogP contribution in [0.5, 0.6) is 5.75 Å². The standard InChI is InChI=1S/C21H18ClN5O2S/c22-14-6-8-15(9-7-14)29-12-19-23-16(13-30-19)21(28)26-11-3-4-17(26)20-25-24-18-5-1-2-10-27(18)20/h1-2,5-10,13,17H,3-4,11-12H2. The second-order valence-electron chi connectivity index (χ2n) is 7.01. The lowest BCUT2D eigenvalue weighted by atomic mass is 10.2. The number of hydrogen-bond acceptors (Lipinski definition) is 6. The molecule has 152 valence electrons. The molecule has 1 saturated heterocycles. The van der Waals surface area contributed by atoms with Gasteiger partial charge in [0.25, 0.3) is 5.91 Å². The zero-order chi connectivity index (χ0) is 20.5. The van der Waals surface area contributed by atoms with Crippen molar-refractivity contribution in [3.8, 4) is 5.75 Å². The van der Waals surface area contributed by atoms with E-state index in [4.69, 9.17) is 16.3 Å². The smallest absolute Gasteiger partial charge is 0.273 e. The van der Waals surface area contributed by atoms with Crippen LogP contribution < -0.4 is 4.74 Å². The Hall–Kier alpha value is -2.97. The van der Waals surface area contributed by atoms with Crippen molar-refractivity contribution in [2.75, 3.05) is 6.54 Å². The van der Waals surface area contributed by atoms with Crippen molar-refractivity contribution < 1.29 is 9.53 Å². The minimum absolute atomic E-state index is 0.0841.